The molecule has 1 aromatic heterocycles. The molecule has 0 saturated carbocycles. The van der Waals surface area contributed by atoms with Gasteiger partial charge in [0.15, 0.2) is 5.78 Å². The molecule has 0 spiro atoms. The third-order valence-electron chi connectivity index (χ3n) is 4.67. The van der Waals surface area contributed by atoms with Crippen molar-refractivity contribution in [3.63, 3.8) is 0 Å². The number of nitrogens with zero attached hydrogens (tertiary/aromatic N) is 1. The second-order valence-corrected chi connectivity index (χ2v) is 6.57. The highest BCUT2D eigenvalue weighted by Crippen LogP contribution is 2.27. The summed E-state index contributed by atoms with van der Waals surface area (Å²) in [7, 11) is 0. The van der Waals surface area contributed by atoms with Crippen LogP contribution in [-0.4, -0.2) is 5.78 Å². The van der Waals surface area contributed by atoms with Crippen LogP contribution in [0, 0.1) is 11.3 Å². The molecule has 1 heterocycles. The maximum absolute atomic E-state index is 11.4. The van der Waals surface area contributed by atoms with Crippen LogP contribution in [-0.2, 0) is 0 Å². The lowest BCUT2D eigenvalue weighted by molar-refractivity contribution is 0.101. The van der Waals surface area contributed by atoms with E-state index in [4.69, 9.17) is 4.42 Å². The summed E-state index contributed by atoms with van der Waals surface area (Å²) in [5, 5.41) is 11.9. The molecule has 0 aliphatic heterocycles. The van der Waals surface area contributed by atoms with Gasteiger partial charge in [0, 0.05) is 11.1 Å². The van der Waals surface area contributed by atoms with Crippen molar-refractivity contribution in [3.8, 4) is 17.4 Å². The maximum Gasteiger partial charge on any atom is 0.159 e. The zero-order valence-electron chi connectivity index (χ0n) is 15.3. The Labute approximate surface area is 163 Å². The molecule has 0 aliphatic carbocycles. The van der Waals surface area contributed by atoms with Gasteiger partial charge in [-0.3, -0.25) is 4.79 Å². The van der Waals surface area contributed by atoms with E-state index in [2.05, 4.69) is 6.07 Å². The molecule has 0 saturated heterocycles. The zero-order chi connectivity index (χ0) is 19.5. The van der Waals surface area contributed by atoms with Crippen molar-refractivity contribution in [3.05, 3.63) is 95.7 Å². The van der Waals surface area contributed by atoms with Gasteiger partial charge in [-0.05, 0) is 47.5 Å². The topological polar surface area (TPSA) is 54.0 Å². The Balaban J connectivity index is 1.65. The number of hydrogen-bond acceptors (Lipinski definition) is 3. The number of allylic oxidation sites excluding steroid dienone is 1. The predicted molar refractivity (Wildman–Crippen MR) is 112 cm³/mol. The minimum Gasteiger partial charge on any atom is -0.457 e. The van der Waals surface area contributed by atoms with Gasteiger partial charge in [0.1, 0.15) is 11.5 Å². The summed E-state index contributed by atoms with van der Waals surface area (Å²) in [5.41, 5.74) is 2.94. The summed E-state index contributed by atoms with van der Waals surface area (Å²) in [6.07, 6.45) is 1.75. The maximum atomic E-state index is 11.4. The first-order valence-corrected chi connectivity index (χ1v) is 8.96. The molecule has 0 bridgehead atoms. The number of furan rings is 1. The number of benzene rings is 3. The van der Waals surface area contributed by atoms with Gasteiger partial charge in [0.2, 0.25) is 0 Å². The molecular formula is C25H17NO2. The van der Waals surface area contributed by atoms with Crippen LogP contribution in [0.15, 0.2) is 83.3 Å². The number of hydrogen-bond donors (Lipinski definition) is 0. The van der Waals surface area contributed by atoms with Crippen LogP contribution in [0.5, 0.6) is 0 Å². The largest absolute Gasteiger partial charge is 0.457 e. The number of carbonyl (C=O) groups is 1. The van der Waals surface area contributed by atoms with Crippen LogP contribution in [0.25, 0.3) is 33.7 Å². The Hall–Kier alpha value is -3.90. The normalized spacial score (nSPS) is 11.4. The van der Waals surface area contributed by atoms with Crippen molar-refractivity contribution in [2.45, 2.75) is 6.92 Å². The molecule has 4 aromatic rings. The molecule has 3 nitrogen and oxygen atoms in total. The summed E-state index contributed by atoms with van der Waals surface area (Å²) in [6.45, 7) is 1.54. The summed E-state index contributed by atoms with van der Waals surface area (Å²) in [5.74, 6) is 1.33. The van der Waals surface area contributed by atoms with E-state index < -0.39 is 0 Å². The fourth-order valence-corrected chi connectivity index (χ4v) is 3.13. The van der Waals surface area contributed by atoms with E-state index in [1.54, 1.807) is 25.1 Å². The first-order valence-electron chi connectivity index (χ1n) is 8.96. The summed E-state index contributed by atoms with van der Waals surface area (Å²) in [4.78, 5) is 11.4. The first-order chi connectivity index (χ1) is 13.6. The number of nitriles is 1. The quantitative estimate of drug-likeness (QED) is 0.313. The van der Waals surface area contributed by atoms with Gasteiger partial charge >= 0.3 is 0 Å². The summed E-state index contributed by atoms with van der Waals surface area (Å²) < 4.78 is 5.90. The van der Waals surface area contributed by atoms with E-state index >= 15 is 0 Å². The van der Waals surface area contributed by atoms with Gasteiger partial charge < -0.3 is 4.42 Å². The van der Waals surface area contributed by atoms with Gasteiger partial charge in [0.05, 0.1) is 11.6 Å². The van der Waals surface area contributed by atoms with Crippen LogP contribution >= 0.6 is 0 Å². The molecule has 28 heavy (non-hydrogen) atoms. The molecule has 0 unspecified atom stereocenters. The third kappa shape index (κ3) is 3.49. The number of rotatable bonds is 4. The second kappa shape index (κ2) is 7.38. The number of ketones is 1. The Morgan fingerprint density at radius 3 is 2.32 bits per heavy atom. The highest BCUT2D eigenvalue weighted by atomic mass is 16.3. The average molecular weight is 363 g/mol. The van der Waals surface area contributed by atoms with Crippen molar-refractivity contribution in [1.29, 1.82) is 5.26 Å². The van der Waals surface area contributed by atoms with Crippen molar-refractivity contribution >= 4 is 28.2 Å². The molecular weight excluding hydrogens is 346 g/mol. The smallest absolute Gasteiger partial charge is 0.159 e. The predicted octanol–water partition coefficient (Wildman–Crippen LogP) is 6.37. The summed E-state index contributed by atoms with van der Waals surface area (Å²) >= 11 is 0. The molecule has 0 N–H and O–H groups in total. The molecule has 4 rings (SSSR count). The fourth-order valence-electron chi connectivity index (χ4n) is 3.13. The molecule has 0 fully saturated rings. The van der Waals surface area contributed by atoms with Crippen LogP contribution in [0.4, 0.5) is 0 Å². The van der Waals surface area contributed by atoms with E-state index in [1.165, 1.54) is 0 Å². The van der Waals surface area contributed by atoms with E-state index in [1.807, 2.05) is 66.7 Å². The monoisotopic (exact) mass is 363 g/mol. The molecule has 3 heteroatoms. The minimum atomic E-state index is 0.0312. The standard InChI is InChI=1S/C25H17NO2/c1-17(27)18-6-9-20(10-7-18)25-13-12-24(28-25)15-23(16-26)22-11-8-19-4-2-3-5-21(19)14-22/h2-15H,1H3/b23-15-. The van der Waals surface area contributed by atoms with E-state index in [0.717, 1.165) is 21.9 Å². The molecule has 3 aromatic carbocycles. The molecule has 0 radical (unpaired) electrons. The van der Waals surface area contributed by atoms with Crippen LogP contribution in [0.2, 0.25) is 0 Å². The van der Waals surface area contributed by atoms with Gasteiger partial charge in [-0.1, -0.05) is 60.7 Å². The van der Waals surface area contributed by atoms with Crippen molar-refractivity contribution in [2.24, 2.45) is 0 Å². The second-order valence-electron chi connectivity index (χ2n) is 6.57. The number of Topliss-reactive ketones (excluding diaryl/α,β-unsaturated/α-hetero) is 1. The molecule has 0 amide bonds. The van der Waals surface area contributed by atoms with Crippen molar-refractivity contribution in [2.75, 3.05) is 0 Å². The first kappa shape index (κ1) is 17.5. The van der Waals surface area contributed by atoms with E-state index in [-0.39, 0.29) is 5.78 Å². The lowest BCUT2D eigenvalue weighted by Crippen LogP contribution is -1.90. The number of carbonyl (C=O) groups excluding carboxylic acids is 1. The Bertz CT molecular complexity index is 1240. The summed E-state index contributed by atoms with van der Waals surface area (Å²) in [6, 6.07) is 27.3. The lowest BCUT2D eigenvalue weighted by Gasteiger charge is -2.02. The Morgan fingerprint density at radius 2 is 1.61 bits per heavy atom. The van der Waals surface area contributed by atoms with Gasteiger partial charge in [-0.2, -0.15) is 5.26 Å². The minimum absolute atomic E-state index is 0.0312. The third-order valence-corrected chi connectivity index (χ3v) is 4.67. The van der Waals surface area contributed by atoms with Crippen LogP contribution in [0.3, 0.4) is 0 Å². The average Bonchev–Trinajstić information content (AvgIpc) is 3.20. The van der Waals surface area contributed by atoms with E-state index in [9.17, 15) is 10.1 Å². The molecule has 0 atom stereocenters. The highest BCUT2D eigenvalue weighted by molar-refractivity contribution is 5.95. The molecule has 134 valence electrons. The Kier molecular flexibility index (Phi) is 4.62. The van der Waals surface area contributed by atoms with Crippen molar-refractivity contribution < 1.29 is 9.21 Å². The fraction of sp³-hybridized carbons (Fsp3) is 0.0400. The molecule has 0 aliphatic rings. The van der Waals surface area contributed by atoms with Crippen LogP contribution < -0.4 is 0 Å². The van der Waals surface area contributed by atoms with Crippen molar-refractivity contribution in [1.82, 2.24) is 0 Å². The SMILES string of the molecule is CC(=O)c1ccc(-c2ccc(/C=C(/C#N)c3ccc4ccccc4c3)o2)cc1. The number of fused-ring (bicyclic) bond motifs is 1. The highest BCUT2D eigenvalue weighted by Gasteiger charge is 2.08. The van der Waals surface area contributed by atoms with Crippen LogP contribution in [0.1, 0.15) is 28.6 Å². The van der Waals surface area contributed by atoms with Gasteiger partial charge in [-0.25, -0.2) is 0 Å². The Morgan fingerprint density at radius 1 is 0.893 bits per heavy atom. The zero-order valence-corrected chi connectivity index (χ0v) is 15.3. The van der Waals surface area contributed by atoms with Gasteiger partial charge in [-0.15, -0.1) is 0 Å². The van der Waals surface area contributed by atoms with E-state index in [0.29, 0.717) is 22.7 Å². The van der Waals surface area contributed by atoms with Gasteiger partial charge in [0.25, 0.3) is 0 Å². The lowest BCUT2D eigenvalue weighted by atomic mass is 10.0.